The zero-order valence-electron chi connectivity index (χ0n) is 11.3. The Labute approximate surface area is 94.0 Å². The number of hydrogen-bond acceptors (Lipinski definition) is 3. The van der Waals surface area contributed by atoms with Crippen molar-refractivity contribution in [3.05, 3.63) is 0 Å². The van der Waals surface area contributed by atoms with E-state index in [4.69, 9.17) is 0 Å². The maximum absolute atomic E-state index is 10.2. The first-order valence-corrected chi connectivity index (χ1v) is 5.71. The van der Waals surface area contributed by atoms with Crippen molar-refractivity contribution in [3.63, 3.8) is 0 Å². The predicted octanol–water partition coefficient (Wildman–Crippen LogP) is 2.35. The molecule has 1 heterocycles. The summed E-state index contributed by atoms with van der Waals surface area (Å²) in [5, 5.41) is 11.7. The van der Waals surface area contributed by atoms with Crippen molar-refractivity contribution in [2.24, 2.45) is 0 Å². The van der Waals surface area contributed by atoms with E-state index in [1.807, 2.05) is 0 Å². The van der Waals surface area contributed by atoms with Gasteiger partial charge in [0.2, 0.25) is 0 Å². The molecule has 1 fully saturated rings. The Hall–Kier alpha value is -0.120. The largest absolute Gasteiger partial charge is 0.313 e. The van der Waals surface area contributed by atoms with Crippen molar-refractivity contribution in [1.29, 1.82) is 0 Å². The van der Waals surface area contributed by atoms with Crippen LogP contribution in [0.1, 0.15) is 48.5 Å². The molecule has 0 aliphatic carbocycles. The first-order chi connectivity index (χ1) is 6.47. The van der Waals surface area contributed by atoms with Gasteiger partial charge in [-0.05, 0) is 48.5 Å². The van der Waals surface area contributed by atoms with Gasteiger partial charge in [0.1, 0.15) is 0 Å². The summed E-state index contributed by atoms with van der Waals surface area (Å²) in [6.07, 6.45) is 0. The van der Waals surface area contributed by atoms with Gasteiger partial charge >= 0.3 is 0 Å². The van der Waals surface area contributed by atoms with Crippen LogP contribution in [0, 0.1) is 0 Å². The summed E-state index contributed by atoms with van der Waals surface area (Å²) < 4.78 is 0. The van der Waals surface area contributed by atoms with Gasteiger partial charge in [-0.25, -0.2) is 0 Å². The predicted molar refractivity (Wildman–Crippen MR) is 63.1 cm³/mol. The van der Waals surface area contributed by atoms with Gasteiger partial charge in [-0.1, -0.05) is 0 Å². The molecule has 1 aliphatic heterocycles. The highest BCUT2D eigenvalue weighted by atomic mass is 16.5. The molecule has 0 saturated carbocycles. The molecule has 0 bridgehead atoms. The number of nitrogens with zero attached hydrogens (tertiary/aromatic N) is 2. The lowest BCUT2D eigenvalue weighted by molar-refractivity contribution is -0.260. The van der Waals surface area contributed by atoms with E-state index in [1.54, 1.807) is 0 Å². The minimum atomic E-state index is -0.185. The molecule has 3 heteroatoms. The van der Waals surface area contributed by atoms with Crippen LogP contribution in [-0.4, -0.2) is 44.9 Å². The lowest BCUT2D eigenvalue weighted by Crippen LogP contribution is -2.69. The molecule has 0 radical (unpaired) electrons. The van der Waals surface area contributed by atoms with E-state index in [2.05, 4.69) is 53.4 Å². The lowest BCUT2D eigenvalue weighted by Gasteiger charge is -2.56. The molecule has 0 spiro atoms. The summed E-state index contributed by atoms with van der Waals surface area (Å²) in [6, 6.07) is 0. The SMILES string of the molecule is CC(C)(C)N1CC(C)(C)N(O)C(C)(C)C1. The molecular formula is C12H26N2O. The first-order valence-electron chi connectivity index (χ1n) is 5.71. The van der Waals surface area contributed by atoms with Crippen molar-refractivity contribution < 1.29 is 5.21 Å². The van der Waals surface area contributed by atoms with Gasteiger partial charge < -0.3 is 5.21 Å². The smallest absolute Gasteiger partial charge is 0.0537 e. The molecule has 3 nitrogen and oxygen atoms in total. The molecule has 1 saturated heterocycles. The van der Waals surface area contributed by atoms with Crippen LogP contribution in [0.2, 0.25) is 0 Å². The van der Waals surface area contributed by atoms with Crippen molar-refractivity contribution in [3.8, 4) is 0 Å². The van der Waals surface area contributed by atoms with Gasteiger partial charge in [0.25, 0.3) is 0 Å². The van der Waals surface area contributed by atoms with Crippen molar-refractivity contribution in [2.75, 3.05) is 13.1 Å². The molecule has 1 rings (SSSR count). The highest BCUT2D eigenvalue weighted by molar-refractivity contribution is 4.99. The van der Waals surface area contributed by atoms with Crippen LogP contribution in [0.4, 0.5) is 0 Å². The van der Waals surface area contributed by atoms with Crippen LogP contribution >= 0.6 is 0 Å². The molecular weight excluding hydrogens is 188 g/mol. The highest BCUT2D eigenvalue weighted by Gasteiger charge is 2.46. The summed E-state index contributed by atoms with van der Waals surface area (Å²) in [4.78, 5) is 2.44. The zero-order valence-corrected chi connectivity index (χ0v) is 11.3. The van der Waals surface area contributed by atoms with E-state index in [0.717, 1.165) is 13.1 Å². The standard InChI is InChI=1S/C12H26N2O/c1-10(2,3)13-8-11(4,5)14(15)12(6,7)9-13/h15H,8-9H2,1-7H3. The molecule has 15 heavy (non-hydrogen) atoms. The Balaban J connectivity index is 2.94. The third kappa shape index (κ3) is 2.52. The minimum Gasteiger partial charge on any atom is -0.313 e. The number of hydrogen-bond donors (Lipinski definition) is 1. The van der Waals surface area contributed by atoms with Crippen molar-refractivity contribution in [1.82, 2.24) is 9.96 Å². The Kier molecular flexibility index (Phi) is 2.97. The molecule has 0 aromatic heterocycles. The molecule has 0 aromatic carbocycles. The molecule has 0 aromatic rings. The molecule has 0 atom stereocenters. The van der Waals surface area contributed by atoms with Crippen molar-refractivity contribution >= 4 is 0 Å². The van der Waals surface area contributed by atoms with E-state index in [1.165, 1.54) is 5.06 Å². The Morgan fingerprint density at radius 3 is 1.53 bits per heavy atom. The van der Waals surface area contributed by atoms with Crippen LogP contribution in [0.25, 0.3) is 0 Å². The Morgan fingerprint density at radius 1 is 0.933 bits per heavy atom. The van der Waals surface area contributed by atoms with E-state index in [-0.39, 0.29) is 16.6 Å². The third-order valence-corrected chi connectivity index (χ3v) is 3.25. The Bertz CT molecular complexity index is 222. The van der Waals surface area contributed by atoms with Crippen LogP contribution in [-0.2, 0) is 0 Å². The molecule has 1 aliphatic rings. The Morgan fingerprint density at radius 2 is 1.27 bits per heavy atom. The fourth-order valence-corrected chi connectivity index (χ4v) is 2.42. The number of hydroxylamine groups is 2. The van der Waals surface area contributed by atoms with E-state index < -0.39 is 0 Å². The number of piperazine rings is 1. The van der Waals surface area contributed by atoms with E-state index in [0.29, 0.717) is 0 Å². The van der Waals surface area contributed by atoms with Gasteiger partial charge in [-0.15, -0.1) is 0 Å². The second-order valence-corrected chi connectivity index (χ2v) is 6.96. The molecule has 1 N–H and O–H groups in total. The summed E-state index contributed by atoms with van der Waals surface area (Å²) in [5.74, 6) is 0. The summed E-state index contributed by atoms with van der Waals surface area (Å²) in [6.45, 7) is 16.8. The normalized spacial score (nSPS) is 28.0. The monoisotopic (exact) mass is 214 g/mol. The molecule has 0 unspecified atom stereocenters. The molecule has 90 valence electrons. The van der Waals surface area contributed by atoms with Crippen LogP contribution in [0.15, 0.2) is 0 Å². The first kappa shape index (κ1) is 12.9. The summed E-state index contributed by atoms with van der Waals surface area (Å²) in [7, 11) is 0. The lowest BCUT2D eigenvalue weighted by atomic mass is 9.87. The molecule has 0 amide bonds. The highest BCUT2D eigenvalue weighted by Crippen LogP contribution is 2.33. The third-order valence-electron chi connectivity index (χ3n) is 3.25. The fraction of sp³-hybridized carbons (Fsp3) is 1.00. The van der Waals surface area contributed by atoms with Crippen LogP contribution in [0.5, 0.6) is 0 Å². The topological polar surface area (TPSA) is 26.7 Å². The maximum atomic E-state index is 10.2. The number of rotatable bonds is 0. The zero-order chi connectivity index (χ0) is 12.1. The maximum Gasteiger partial charge on any atom is 0.0537 e. The summed E-state index contributed by atoms with van der Waals surface area (Å²) in [5.41, 5.74) is -0.208. The van der Waals surface area contributed by atoms with Crippen molar-refractivity contribution in [2.45, 2.75) is 65.1 Å². The summed E-state index contributed by atoms with van der Waals surface area (Å²) >= 11 is 0. The minimum absolute atomic E-state index is 0.163. The van der Waals surface area contributed by atoms with Crippen LogP contribution in [0.3, 0.4) is 0 Å². The van der Waals surface area contributed by atoms with Crippen LogP contribution < -0.4 is 0 Å². The second-order valence-electron chi connectivity index (χ2n) is 6.96. The van der Waals surface area contributed by atoms with Gasteiger partial charge in [0, 0.05) is 18.6 Å². The quantitative estimate of drug-likeness (QED) is 0.670. The second kappa shape index (κ2) is 3.44. The van der Waals surface area contributed by atoms with Gasteiger partial charge in [0.15, 0.2) is 0 Å². The van der Waals surface area contributed by atoms with Gasteiger partial charge in [0.05, 0.1) is 11.1 Å². The van der Waals surface area contributed by atoms with Gasteiger partial charge in [-0.3, -0.25) is 4.90 Å². The van der Waals surface area contributed by atoms with Gasteiger partial charge in [-0.2, -0.15) is 5.06 Å². The fourth-order valence-electron chi connectivity index (χ4n) is 2.42. The average molecular weight is 214 g/mol. The average Bonchev–Trinajstić information content (AvgIpc) is 1.97. The van der Waals surface area contributed by atoms with E-state index in [9.17, 15) is 5.21 Å². The van der Waals surface area contributed by atoms with E-state index >= 15 is 0 Å².